The Morgan fingerprint density at radius 1 is 1.60 bits per heavy atom. The van der Waals surface area contributed by atoms with Crippen molar-refractivity contribution >= 4 is 28.8 Å². The highest BCUT2D eigenvalue weighted by atomic mass is 35.5. The first kappa shape index (κ1) is 10.1. The summed E-state index contributed by atoms with van der Waals surface area (Å²) in [6.07, 6.45) is 4.41. The second-order valence-corrected chi connectivity index (χ2v) is 4.44. The molecule has 0 aliphatic heterocycles. The molecule has 0 aliphatic carbocycles. The van der Waals surface area contributed by atoms with E-state index in [1.807, 2.05) is 0 Å². The molecule has 0 radical (unpaired) electrons. The minimum absolute atomic E-state index is 0.161. The van der Waals surface area contributed by atoms with Gasteiger partial charge in [0.05, 0.1) is 6.54 Å². The summed E-state index contributed by atoms with van der Waals surface area (Å²) >= 11 is 6.99. The average molecular weight is 245 g/mol. The van der Waals surface area contributed by atoms with Gasteiger partial charge in [-0.25, -0.2) is 4.98 Å². The largest absolute Gasteiger partial charge is 0.381 e. The summed E-state index contributed by atoms with van der Waals surface area (Å²) in [5.41, 5.74) is 0. The molecule has 2 aromatic rings. The van der Waals surface area contributed by atoms with E-state index >= 15 is 0 Å². The maximum absolute atomic E-state index is 10.4. The number of hydrogen-bond donors (Lipinski definition) is 0. The highest BCUT2D eigenvalue weighted by Crippen LogP contribution is 2.19. The Hall–Kier alpha value is -1.47. The molecule has 15 heavy (non-hydrogen) atoms. The van der Waals surface area contributed by atoms with Gasteiger partial charge in [-0.2, -0.15) is 0 Å². The number of hydrogen-bond acceptors (Lipinski definition) is 5. The molecule has 0 saturated heterocycles. The predicted molar refractivity (Wildman–Crippen MR) is 55.1 cm³/mol. The van der Waals surface area contributed by atoms with Gasteiger partial charge in [-0.1, -0.05) is 11.6 Å². The SMILES string of the molecule is O=[N+]([O-])c1cn(Cc2cnc(Cl)s2)cn1. The first-order valence-corrected chi connectivity index (χ1v) is 5.11. The molecule has 0 saturated carbocycles. The van der Waals surface area contributed by atoms with E-state index in [0.29, 0.717) is 11.0 Å². The molecule has 2 rings (SSSR count). The number of aromatic nitrogens is 3. The smallest absolute Gasteiger partial charge is 0.358 e. The first-order valence-electron chi connectivity index (χ1n) is 3.91. The lowest BCUT2D eigenvalue weighted by atomic mass is 10.5. The van der Waals surface area contributed by atoms with Crippen LogP contribution in [0.25, 0.3) is 0 Å². The van der Waals surface area contributed by atoms with Gasteiger partial charge in [-0.15, -0.1) is 11.3 Å². The second kappa shape index (κ2) is 3.95. The van der Waals surface area contributed by atoms with Gasteiger partial charge in [0.2, 0.25) is 6.33 Å². The molecule has 2 heterocycles. The topological polar surface area (TPSA) is 73.8 Å². The number of nitrogens with zero attached hydrogens (tertiary/aromatic N) is 4. The van der Waals surface area contributed by atoms with Gasteiger partial charge in [-0.05, 0) is 9.91 Å². The Morgan fingerprint density at radius 3 is 2.93 bits per heavy atom. The molecule has 2 aromatic heterocycles. The van der Waals surface area contributed by atoms with Gasteiger partial charge in [0, 0.05) is 11.1 Å². The lowest BCUT2D eigenvalue weighted by Gasteiger charge is -1.93. The molecule has 0 aromatic carbocycles. The van der Waals surface area contributed by atoms with Crippen LogP contribution >= 0.6 is 22.9 Å². The van der Waals surface area contributed by atoms with Crippen LogP contribution in [0.5, 0.6) is 0 Å². The Bertz CT molecular complexity index is 495. The van der Waals surface area contributed by atoms with Crippen LogP contribution in [0, 0.1) is 10.1 Å². The van der Waals surface area contributed by atoms with E-state index in [9.17, 15) is 10.1 Å². The molecule has 8 heteroatoms. The average Bonchev–Trinajstić information content (AvgIpc) is 2.76. The second-order valence-electron chi connectivity index (χ2n) is 2.74. The third kappa shape index (κ3) is 2.31. The minimum atomic E-state index is -0.532. The zero-order valence-electron chi connectivity index (χ0n) is 7.33. The van der Waals surface area contributed by atoms with Crippen molar-refractivity contribution in [1.82, 2.24) is 14.5 Å². The first-order chi connectivity index (χ1) is 7.15. The molecule has 0 spiro atoms. The fourth-order valence-corrected chi connectivity index (χ4v) is 2.05. The molecule has 0 atom stereocenters. The summed E-state index contributed by atoms with van der Waals surface area (Å²) in [6, 6.07) is 0. The van der Waals surface area contributed by atoms with E-state index in [-0.39, 0.29) is 5.82 Å². The molecule has 0 aliphatic rings. The van der Waals surface area contributed by atoms with Crippen molar-refractivity contribution < 1.29 is 4.92 Å². The summed E-state index contributed by atoms with van der Waals surface area (Å²) in [5, 5.41) is 10.4. The molecular formula is C7H5ClN4O2S. The molecular weight excluding hydrogens is 240 g/mol. The summed E-state index contributed by atoms with van der Waals surface area (Å²) in [7, 11) is 0. The van der Waals surface area contributed by atoms with Crippen LogP contribution in [0.2, 0.25) is 4.47 Å². The molecule has 0 N–H and O–H groups in total. The summed E-state index contributed by atoms with van der Waals surface area (Å²) in [6.45, 7) is 0.491. The zero-order chi connectivity index (χ0) is 10.8. The zero-order valence-corrected chi connectivity index (χ0v) is 8.90. The standard InChI is InChI=1S/C7H5ClN4O2S/c8-7-9-1-5(15-7)2-11-3-6(10-4-11)12(13)14/h1,3-4H,2H2. The fraction of sp³-hybridized carbons (Fsp3) is 0.143. The highest BCUT2D eigenvalue weighted by molar-refractivity contribution is 7.15. The van der Waals surface area contributed by atoms with Crippen molar-refractivity contribution in [3.05, 3.63) is 38.2 Å². The normalized spacial score (nSPS) is 10.5. The van der Waals surface area contributed by atoms with Crippen LogP contribution in [0.15, 0.2) is 18.7 Å². The van der Waals surface area contributed by atoms with Crippen LogP contribution in [0.4, 0.5) is 5.82 Å². The van der Waals surface area contributed by atoms with Crippen molar-refractivity contribution in [3.63, 3.8) is 0 Å². The van der Waals surface area contributed by atoms with E-state index in [1.54, 1.807) is 10.8 Å². The molecule has 6 nitrogen and oxygen atoms in total. The monoisotopic (exact) mass is 244 g/mol. The molecule has 78 valence electrons. The van der Waals surface area contributed by atoms with Gasteiger partial charge in [0.15, 0.2) is 4.47 Å². The Balaban J connectivity index is 2.14. The van der Waals surface area contributed by atoms with Crippen molar-refractivity contribution in [3.8, 4) is 0 Å². The predicted octanol–water partition coefficient (Wildman–Crippen LogP) is 1.95. The van der Waals surface area contributed by atoms with E-state index < -0.39 is 4.92 Å². The van der Waals surface area contributed by atoms with Gasteiger partial charge in [-0.3, -0.25) is 0 Å². The number of halogens is 1. The molecule has 0 unspecified atom stereocenters. The van der Waals surface area contributed by atoms with Crippen LogP contribution in [-0.4, -0.2) is 19.5 Å². The minimum Gasteiger partial charge on any atom is -0.358 e. The summed E-state index contributed by atoms with van der Waals surface area (Å²) in [4.78, 5) is 18.3. The van der Waals surface area contributed by atoms with Gasteiger partial charge < -0.3 is 14.7 Å². The molecule has 0 bridgehead atoms. The lowest BCUT2D eigenvalue weighted by molar-refractivity contribution is -0.389. The third-order valence-electron chi connectivity index (χ3n) is 1.67. The van der Waals surface area contributed by atoms with Crippen molar-refractivity contribution in [2.24, 2.45) is 0 Å². The number of nitro groups is 1. The van der Waals surface area contributed by atoms with Gasteiger partial charge >= 0.3 is 5.82 Å². The van der Waals surface area contributed by atoms with Crippen LogP contribution in [0.3, 0.4) is 0 Å². The fourth-order valence-electron chi connectivity index (χ4n) is 1.07. The third-order valence-corrected chi connectivity index (χ3v) is 2.77. The summed E-state index contributed by atoms with van der Waals surface area (Å²) < 4.78 is 2.07. The molecule has 0 amide bonds. The summed E-state index contributed by atoms with van der Waals surface area (Å²) in [5.74, 6) is -0.161. The Kier molecular flexibility index (Phi) is 2.65. The van der Waals surface area contributed by atoms with Crippen molar-refractivity contribution in [2.45, 2.75) is 6.54 Å². The van der Waals surface area contributed by atoms with Crippen LogP contribution in [0.1, 0.15) is 4.88 Å². The van der Waals surface area contributed by atoms with Crippen LogP contribution in [-0.2, 0) is 6.54 Å². The lowest BCUT2D eigenvalue weighted by Crippen LogP contribution is -1.93. The number of imidazole rings is 1. The van der Waals surface area contributed by atoms with E-state index in [4.69, 9.17) is 11.6 Å². The number of thiazole rings is 1. The van der Waals surface area contributed by atoms with Crippen LogP contribution < -0.4 is 0 Å². The van der Waals surface area contributed by atoms with Crippen molar-refractivity contribution in [2.75, 3.05) is 0 Å². The Morgan fingerprint density at radius 2 is 2.40 bits per heavy atom. The van der Waals surface area contributed by atoms with E-state index in [0.717, 1.165) is 4.88 Å². The number of rotatable bonds is 3. The maximum atomic E-state index is 10.4. The Labute approximate surface area is 93.3 Å². The van der Waals surface area contributed by atoms with Gasteiger partial charge in [0.1, 0.15) is 6.20 Å². The highest BCUT2D eigenvalue weighted by Gasteiger charge is 2.10. The van der Waals surface area contributed by atoms with Gasteiger partial charge in [0.25, 0.3) is 0 Å². The molecule has 0 fully saturated rings. The van der Waals surface area contributed by atoms with E-state index in [1.165, 1.54) is 23.9 Å². The van der Waals surface area contributed by atoms with Crippen molar-refractivity contribution in [1.29, 1.82) is 0 Å². The quantitative estimate of drug-likeness (QED) is 0.611. The maximum Gasteiger partial charge on any atom is 0.381 e. The van der Waals surface area contributed by atoms with E-state index in [2.05, 4.69) is 9.97 Å².